The summed E-state index contributed by atoms with van der Waals surface area (Å²) in [5.74, 6) is -0.325. The summed E-state index contributed by atoms with van der Waals surface area (Å²) in [5, 5.41) is 2.78. The predicted molar refractivity (Wildman–Crippen MR) is 91.9 cm³/mol. The monoisotopic (exact) mass is 323 g/mol. The number of aryl methyl sites for hydroxylation is 1. The van der Waals surface area contributed by atoms with Crippen LogP contribution in [0.25, 0.3) is 11.0 Å². The third kappa shape index (κ3) is 3.27. The van der Waals surface area contributed by atoms with E-state index in [2.05, 4.69) is 10.3 Å². The summed E-state index contributed by atoms with van der Waals surface area (Å²) < 4.78 is 1.19. The molecule has 24 heavy (non-hydrogen) atoms. The number of hydrogen-bond acceptors (Lipinski definition) is 3. The summed E-state index contributed by atoms with van der Waals surface area (Å²) in [6, 6.07) is 14.7. The highest BCUT2D eigenvalue weighted by Gasteiger charge is 2.11. The van der Waals surface area contributed by atoms with E-state index in [9.17, 15) is 14.4 Å². The molecule has 2 aromatic carbocycles. The van der Waals surface area contributed by atoms with E-state index in [-0.39, 0.29) is 12.5 Å². The van der Waals surface area contributed by atoms with Crippen molar-refractivity contribution in [2.24, 2.45) is 0 Å². The van der Waals surface area contributed by atoms with Gasteiger partial charge in [0.1, 0.15) is 6.54 Å². The van der Waals surface area contributed by atoms with Crippen LogP contribution < -0.4 is 16.4 Å². The fourth-order valence-corrected chi connectivity index (χ4v) is 2.60. The second-order valence-electron chi connectivity index (χ2n) is 5.63. The Kier molecular flexibility index (Phi) is 4.29. The van der Waals surface area contributed by atoms with Crippen molar-refractivity contribution in [2.75, 3.05) is 0 Å². The summed E-state index contributed by atoms with van der Waals surface area (Å²) in [6.45, 7) is 2.15. The quantitative estimate of drug-likeness (QED) is 0.710. The van der Waals surface area contributed by atoms with Crippen LogP contribution in [0.1, 0.15) is 11.1 Å². The Hall–Kier alpha value is -3.15. The van der Waals surface area contributed by atoms with Crippen molar-refractivity contribution >= 4 is 16.9 Å². The lowest BCUT2D eigenvalue weighted by molar-refractivity contribution is -0.121. The second-order valence-corrected chi connectivity index (χ2v) is 5.63. The van der Waals surface area contributed by atoms with Crippen molar-refractivity contribution in [1.82, 2.24) is 14.9 Å². The Bertz CT molecular complexity index is 1020. The fraction of sp³-hybridized carbons (Fsp3) is 0.167. The maximum Gasteiger partial charge on any atom is 0.317 e. The molecule has 122 valence electrons. The average Bonchev–Trinajstić information content (AvgIpc) is 2.57. The van der Waals surface area contributed by atoms with Gasteiger partial charge in [0.15, 0.2) is 0 Å². The van der Waals surface area contributed by atoms with Gasteiger partial charge in [0, 0.05) is 6.54 Å². The number of rotatable bonds is 4. The predicted octanol–water partition coefficient (Wildman–Crippen LogP) is 1.31. The summed E-state index contributed by atoms with van der Waals surface area (Å²) in [7, 11) is 0. The topological polar surface area (TPSA) is 84.0 Å². The summed E-state index contributed by atoms with van der Waals surface area (Å²) in [5.41, 5.74) is 1.66. The third-order valence-electron chi connectivity index (χ3n) is 3.76. The van der Waals surface area contributed by atoms with Crippen LogP contribution in [0.5, 0.6) is 0 Å². The number of hydrogen-bond donors (Lipinski definition) is 2. The Labute approximate surface area is 137 Å². The van der Waals surface area contributed by atoms with E-state index in [1.165, 1.54) is 4.57 Å². The highest BCUT2D eigenvalue weighted by atomic mass is 16.2. The molecule has 3 aromatic rings. The van der Waals surface area contributed by atoms with Crippen molar-refractivity contribution in [3.05, 3.63) is 80.4 Å². The normalized spacial score (nSPS) is 10.7. The molecule has 0 aliphatic heterocycles. The summed E-state index contributed by atoms with van der Waals surface area (Å²) >= 11 is 0. The first-order chi connectivity index (χ1) is 11.5. The molecule has 0 unspecified atom stereocenters. The van der Waals surface area contributed by atoms with E-state index in [0.717, 1.165) is 11.1 Å². The molecular weight excluding hydrogens is 306 g/mol. The first-order valence-electron chi connectivity index (χ1n) is 7.59. The standard InChI is InChI=1S/C18H17N3O3/c1-12-5-4-6-13(9-12)10-19-16(22)11-21-15-8-3-2-7-14(15)20-17(23)18(21)24/h2-9H,10-11H2,1H3,(H,19,22)(H,20,23). The molecule has 1 aromatic heterocycles. The van der Waals surface area contributed by atoms with Crippen LogP contribution in [0.15, 0.2) is 58.1 Å². The molecule has 0 saturated heterocycles. The number of carbonyl (C=O) groups excluding carboxylic acids is 1. The third-order valence-corrected chi connectivity index (χ3v) is 3.76. The van der Waals surface area contributed by atoms with Crippen molar-refractivity contribution in [1.29, 1.82) is 0 Å². The molecule has 0 spiro atoms. The smallest absolute Gasteiger partial charge is 0.317 e. The number of benzene rings is 2. The molecule has 0 radical (unpaired) electrons. The molecule has 2 N–H and O–H groups in total. The Morgan fingerprint density at radius 1 is 1.12 bits per heavy atom. The van der Waals surface area contributed by atoms with Gasteiger partial charge in [0.2, 0.25) is 5.91 Å². The molecule has 0 fully saturated rings. The average molecular weight is 323 g/mol. The highest BCUT2D eigenvalue weighted by Crippen LogP contribution is 2.07. The van der Waals surface area contributed by atoms with Crippen LogP contribution in [-0.4, -0.2) is 15.5 Å². The van der Waals surface area contributed by atoms with E-state index in [0.29, 0.717) is 17.6 Å². The molecule has 1 amide bonds. The fourth-order valence-electron chi connectivity index (χ4n) is 2.60. The minimum absolute atomic E-state index is 0.199. The van der Waals surface area contributed by atoms with Crippen LogP contribution in [0.3, 0.4) is 0 Å². The maximum atomic E-state index is 12.2. The van der Waals surface area contributed by atoms with E-state index >= 15 is 0 Å². The van der Waals surface area contributed by atoms with E-state index in [4.69, 9.17) is 0 Å². The molecular formula is C18H17N3O3. The molecule has 3 rings (SSSR count). The number of nitrogens with one attached hydrogen (secondary N) is 2. The number of para-hydroxylation sites is 2. The summed E-state index contributed by atoms with van der Waals surface area (Å²) in [4.78, 5) is 38.5. The van der Waals surface area contributed by atoms with Crippen LogP contribution in [0.4, 0.5) is 0 Å². The van der Waals surface area contributed by atoms with Gasteiger partial charge in [0.05, 0.1) is 11.0 Å². The lowest BCUT2D eigenvalue weighted by Gasteiger charge is -2.10. The maximum absolute atomic E-state index is 12.2. The van der Waals surface area contributed by atoms with Gasteiger partial charge in [-0.05, 0) is 24.6 Å². The molecule has 6 nitrogen and oxygen atoms in total. The van der Waals surface area contributed by atoms with E-state index in [1.807, 2.05) is 31.2 Å². The van der Waals surface area contributed by atoms with E-state index < -0.39 is 11.1 Å². The molecule has 0 saturated carbocycles. The Morgan fingerprint density at radius 2 is 1.92 bits per heavy atom. The van der Waals surface area contributed by atoms with Crippen LogP contribution >= 0.6 is 0 Å². The molecule has 0 bridgehead atoms. The van der Waals surface area contributed by atoms with Gasteiger partial charge in [0.25, 0.3) is 0 Å². The molecule has 0 aliphatic carbocycles. The molecule has 1 heterocycles. The Balaban J connectivity index is 1.82. The zero-order valence-electron chi connectivity index (χ0n) is 13.2. The number of amides is 1. The molecule has 6 heteroatoms. The number of H-pyrrole nitrogens is 1. The van der Waals surface area contributed by atoms with Crippen molar-refractivity contribution in [2.45, 2.75) is 20.0 Å². The number of aromatic nitrogens is 2. The minimum atomic E-state index is -0.737. The van der Waals surface area contributed by atoms with Gasteiger partial charge in [-0.15, -0.1) is 0 Å². The lowest BCUT2D eigenvalue weighted by Crippen LogP contribution is -2.40. The minimum Gasteiger partial charge on any atom is -0.350 e. The van der Waals surface area contributed by atoms with Gasteiger partial charge in [-0.2, -0.15) is 0 Å². The van der Waals surface area contributed by atoms with Crippen LogP contribution in [0.2, 0.25) is 0 Å². The number of carbonyl (C=O) groups is 1. The first-order valence-corrected chi connectivity index (χ1v) is 7.59. The van der Waals surface area contributed by atoms with Gasteiger partial charge in [-0.25, -0.2) is 0 Å². The molecule has 0 aliphatic rings. The second kappa shape index (κ2) is 6.54. The van der Waals surface area contributed by atoms with Gasteiger partial charge >= 0.3 is 11.1 Å². The zero-order chi connectivity index (χ0) is 17.1. The summed E-state index contributed by atoms with van der Waals surface area (Å²) in [6.07, 6.45) is 0. The number of aromatic amines is 1. The van der Waals surface area contributed by atoms with Crippen molar-refractivity contribution < 1.29 is 4.79 Å². The number of fused-ring (bicyclic) bond motifs is 1. The van der Waals surface area contributed by atoms with Gasteiger partial charge in [-0.3, -0.25) is 19.0 Å². The highest BCUT2D eigenvalue weighted by molar-refractivity contribution is 5.79. The van der Waals surface area contributed by atoms with E-state index in [1.54, 1.807) is 24.3 Å². The first kappa shape index (κ1) is 15.7. The lowest BCUT2D eigenvalue weighted by atomic mass is 10.1. The van der Waals surface area contributed by atoms with Crippen LogP contribution in [0, 0.1) is 6.92 Å². The molecule has 0 atom stereocenters. The van der Waals surface area contributed by atoms with Gasteiger partial charge < -0.3 is 10.3 Å². The van der Waals surface area contributed by atoms with Crippen molar-refractivity contribution in [3.63, 3.8) is 0 Å². The van der Waals surface area contributed by atoms with Crippen LogP contribution in [-0.2, 0) is 17.9 Å². The Morgan fingerprint density at radius 3 is 2.71 bits per heavy atom. The van der Waals surface area contributed by atoms with Gasteiger partial charge in [-0.1, -0.05) is 42.0 Å². The zero-order valence-corrected chi connectivity index (χ0v) is 13.2. The van der Waals surface area contributed by atoms with Crippen molar-refractivity contribution in [3.8, 4) is 0 Å². The SMILES string of the molecule is Cc1cccc(CNC(=O)Cn2c(=O)c(=O)[nH]c3ccccc32)c1. The number of nitrogens with zero attached hydrogens (tertiary/aromatic N) is 1. The largest absolute Gasteiger partial charge is 0.350 e.